The number of methoxy groups -OCH3 is 3. The van der Waals surface area contributed by atoms with E-state index in [1.54, 1.807) is 13.8 Å². The summed E-state index contributed by atoms with van der Waals surface area (Å²) in [5, 5.41) is 150. The Morgan fingerprint density at radius 1 is 0.636 bits per heavy atom. The molecular weight excluding hydrogens is 876 g/mol. The first-order chi connectivity index (χ1) is 31.0. The van der Waals surface area contributed by atoms with Crippen LogP contribution in [0.1, 0.15) is 104 Å². The maximum Gasteiger partial charge on any atom is 0.232 e. The number of hydrogen-bond acceptors (Lipinski definition) is 21. The zero-order valence-electron chi connectivity index (χ0n) is 35.9. The number of aromatic hydroxyl groups is 4. The Balaban J connectivity index is 1.29. The highest BCUT2D eigenvalue weighted by atomic mass is 16.6. The molecule has 21 nitrogen and oxygen atoms in total. The van der Waals surface area contributed by atoms with E-state index in [1.807, 2.05) is 0 Å². The minimum Gasteiger partial charge on any atom is -0.507 e. The molecule has 6 aliphatic rings. The van der Waals surface area contributed by atoms with E-state index < -0.39 is 192 Å². The van der Waals surface area contributed by atoms with Crippen molar-refractivity contribution in [1.82, 2.24) is 0 Å². The smallest absolute Gasteiger partial charge is 0.232 e. The summed E-state index contributed by atoms with van der Waals surface area (Å²) in [7, 11) is 3.09. The zero-order valence-corrected chi connectivity index (χ0v) is 35.9. The first-order valence-corrected chi connectivity index (χ1v) is 21.2. The van der Waals surface area contributed by atoms with Crippen LogP contribution in [0.15, 0.2) is 11.8 Å². The molecule has 2 saturated carbocycles. The maximum absolute atomic E-state index is 15.1. The van der Waals surface area contributed by atoms with Gasteiger partial charge in [0.15, 0.2) is 28.5 Å². The van der Waals surface area contributed by atoms with Crippen molar-refractivity contribution in [2.24, 2.45) is 11.8 Å². The van der Waals surface area contributed by atoms with Crippen molar-refractivity contribution in [3.63, 3.8) is 0 Å². The van der Waals surface area contributed by atoms with Crippen molar-refractivity contribution in [3.8, 4) is 34.5 Å². The second-order valence-corrected chi connectivity index (χ2v) is 18.0. The van der Waals surface area contributed by atoms with Gasteiger partial charge in [0.2, 0.25) is 23.1 Å². The summed E-state index contributed by atoms with van der Waals surface area (Å²) in [6, 6.07) is 1.21. The van der Waals surface area contributed by atoms with Gasteiger partial charge in [0.25, 0.3) is 0 Å². The second-order valence-electron chi connectivity index (χ2n) is 18.0. The number of allylic oxidation sites excluding steroid dienone is 2. The number of ketones is 4. The summed E-state index contributed by atoms with van der Waals surface area (Å²) < 4.78 is 22.9. The molecule has 0 unspecified atom stereocenters. The van der Waals surface area contributed by atoms with Crippen LogP contribution in [0.3, 0.4) is 0 Å². The Labute approximate surface area is 372 Å². The van der Waals surface area contributed by atoms with Gasteiger partial charge in [0.1, 0.15) is 58.6 Å². The largest absolute Gasteiger partial charge is 0.507 e. The van der Waals surface area contributed by atoms with Crippen molar-refractivity contribution >= 4 is 39.5 Å². The lowest BCUT2D eigenvalue weighted by Crippen LogP contribution is -2.79. The number of Topliss-reactive ketones (excluding diaryl/α,β-unsaturated/α-hetero) is 4. The third-order valence-electron chi connectivity index (χ3n) is 15.2. The van der Waals surface area contributed by atoms with Gasteiger partial charge in [-0.3, -0.25) is 19.2 Å². The lowest BCUT2D eigenvalue weighted by atomic mass is 9.54. The van der Waals surface area contributed by atoms with Gasteiger partial charge >= 0.3 is 0 Å². The van der Waals surface area contributed by atoms with Gasteiger partial charge < -0.3 is 85.3 Å². The molecular formula is C45H48O21. The van der Waals surface area contributed by atoms with Crippen molar-refractivity contribution in [1.29, 1.82) is 0 Å². The van der Waals surface area contributed by atoms with Gasteiger partial charge in [-0.15, -0.1) is 0 Å². The van der Waals surface area contributed by atoms with Gasteiger partial charge in [0, 0.05) is 16.9 Å². The molecule has 0 radical (unpaired) electrons. The van der Waals surface area contributed by atoms with Gasteiger partial charge in [-0.1, -0.05) is 26.7 Å². The van der Waals surface area contributed by atoms with Crippen LogP contribution in [0.4, 0.5) is 0 Å². The Bertz CT molecular complexity index is 2760. The highest BCUT2D eigenvalue weighted by Gasteiger charge is 2.80. The van der Waals surface area contributed by atoms with Crippen LogP contribution in [-0.2, 0) is 15.9 Å². The number of aliphatic hydroxyl groups is 9. The number of hydrogen-bond donors (Lipinski definition) is 13. The quantitative estimate of drug-likeness (QED) is 0.122. The molecule has 4 bridgehead atoms. The summed E-state index contributed by atoms with van der Waals surface area (Å²) in [6.45, 7) is 3.16. The number of phenolic OH excluding ortho intramolecular Hbond substituents is 4. The van der Waals surface area contributed by atoms with E-state index in [-0.39, 0.29) is 36.0 Å². The lowest BCUT2D eigenvalue weighted by molar-refractivity contribution is -0.282. The summed E-state index contributed by atoms with van der Waals surface area (Å²) in [5.74, 6) is -15.6. The standard InChI is InChI=1S/C45H48O21/c1-6-8-42(60)40(58)32(54)24(46)14-11-12-10-13-16(25(47)15(12)38(56)44(14,42)61)26(48)20(37(65-5)34(13)63-3)19-27(49)17-18(30(52)36(19)64-4)28(50)21-22(29(17)51)39(57)45(62)23-31(53)33(55)41(59)43(45,9-7-2)66-35(21)23/h10,14,23-24,31-33,35,40-41,46-48,50-51,53-55,58-62H,6-9,11H2,1-5H3/t14-,23+,24+,31+,32-,33-,35+,40+,41+,42+,43+,44-,45-/m1/s1. The van der Waals surface area contributed by atoms with Crippen molar-refractivity contribution in [2.45, 2.75) is 111 Å². The summed E-state index contributed by atoms with van der Waals surface area (Å²) in [4.78, 5) is 59.0. The summed E-state index contributed by atoms with van der Waals surface area (Å²) in [6.07, 6.45) is -15.2. The number of benzene rings is 3. The van der Waals surface area contributed by atoms with Crippen molar-refractivity contribution in [2.75, 3.05) is 21.3 Å². The molecule has 66 heavy (non-hydrogen) atoms. The molecule has 13 N–H and O–H groups in total. The molecule has 3 aromatic carbocycles. The first-order valence-electron chi connectivity index (χ1n) is 21.2. The van der Waals surface area contributed by atoms with Gasteiger partial charge in [-0.25, -0.2) is 0 Å². The fourth-order valence-electron chi connectivity index (χ4n) is 12.3. The average Bonchev–Trinajstić information content (AvgIpc) is 3.45. The predicted molar refractivity (Wildman–Crippen MR) is 219 cm³/mol. The molecule has 1 aliphatic heterocycles. The third-order valence-corrected chi connectivity index (χ3v) is 15.2. The number of carbonyl (C=O) groups excluding carboxylic acids is 4. The molecule has 0 amide bonds. The molecule has 1 heterocycles. The molecule has 0 spiro atoms. The number of phenols is 4. The predicted octanol–water partition coefficient (Wildman–Crippen LogP) is -0.920. The fraction of sp³-hybridized carbons (Fsp3) is 0.511. The van der Waals surface area contributed by atoms with Crippen LogP contribution in [0.5, 0.6) is 34.5 Å². The average molecular weight is 925 g/mol. The number of ether oxygens (including phenoxy) is 4. The van der Waals surface area contributed by atoms with E-state index in [1.165, 1.54) is 6.07 Å². The fourth-order valence-corrected chi connectivity index (χ4v) is 12.3. The minimum absolute atomic E-state index is 0.0548. The highest BCUT2D eigenvalue weighted by molar-refractivity contribution is 6.43. The van der Waals surface area contributed by atoms with E-state index >= 15 is 4.79 Å². The summed E-state index contributed by atoms with van der Waals surface area (Å²) >= 11 is 0. The van der Waals surface area contributed by atoms with Crippen LogP contribution < -0.4 is 9.47 Å². The second kappa shape index (κ2) is 14.5. The lowest BCUT2D eigenvalue weighted by Gasteiger charge is -2.57. The topological polar surface area (TPSA) is 368 Å². The molecule has 0 aromatic heterocycles. The molecule has 5 aliphatic carbocycles. The maximum atomic E-state index is 15.1. The molecule has 13 atom stereocenters. The Hall–Kier alpha value is -5.46. The Morgan fingerprint density at radius 3 is 1.80 bits per heavy atom. The van der Waals surface area contributed by atoms with Crippen molar-refractivity contribution < 1.29 is 105 Å². The van der Waals surface area contributed by atoms with E-state index in [0.717, 1.165) is 21.3 Å². The van der Waals surface area contributed by atoms with E-state index in [2.05, 4.69) is 0 Å². The zero-order chi connectivity index (χ0) is 48.4. The summed E-state index contributed by atoms with van der Waals surface area (Å²) in [5.41, 5.74) is -17.2. The van der Waals surface area contributed by atoms with Crippen LogP contribution in [0.25, 0.3) is 16.3 Å². The van der Waals surface area contributed by atoms with Crippen LogP contribution in [0.2, 0.25) is 0 Å². The van der Waals surface area contributed by atoms with E-state index in [4.69, 9.17) is 18.9 Å². The molecule has 3 fully saturated rings. The third kappa shape index (κ3) is 4.87. The molecule has 21 heteroatoms. The number of carbonyl (C=O) groups is 4. The minimum atomic E-state index is -3.05. The molecule has 1 saturated heterocycles. The number of fused-ring (bicyclic) bond motifs is 6. The van der Waals surface area contributed by atoms with E-state index in [0.29, 0.717) is 0 Å². The van der Waals surface area contributed by atoms with Crippen LogP contribution in [0, 0.1) is 11.8 Å². The van der Waals surface area contributed by atoms with E-state index in [9.17, 15) is 80.8 Å². The first kappa shape index (κ1) is 45.7. The van der Waals surface area contributed by atoms with Crippen LogP contribution >= 0.6 is 0 Å². The Kier molecular flexibility index (Phi) is 10.1. The molecule has 3 aromatic rings. The van der Waals surface area contributed by atoms with Crippen LogP contribution in [-0.4, -0.2) is 170 Å². The number of aliphatic hydroxyl groups excluding tert-OH is 6. The van der Waals surface area contributed by atoms with Crippen molar-refractivity contribution in [3.05, 3.63) is 50.8 Å². The SMILES string of the molecule is CCC[C@@]12O[C@H]3c4c(O)c5c(c(O)c4C(=O)[C@]1(O)[C@H]3[C@H](O)[C@@H](O)[C@@H]2O)C(=O)C(c1c(OC)c(OC)c2cc3c(c(O)c2c1O)C(=O)[C@]1(O)[C@H](C3)[C@H](O)[C@@H](O)[C@H](O)[C@@]1(O)CCC)=C(OC)C5=O. The monoisotopic (exact) mass is 924 g/mol. The molecule has 354 valence electrons. The normalized spacial score (nSPS) is 36.5. The highest BCUT2D eigenvalue weighted by Crippen LogP contribution is 2.67. The Morgan fingerprint density at radius 2 is 1.21 bits per heavy atom. The number of rotatable bonds is 8. The van der Waals surface area contributed by atoms with Gasteiger partial charge in [-0.2, -0.15) is 0 Å². The molecule has 9 rings (SSSR count). The van der Waals surface area contributed by atoms with Gasteiger partial charge in [-0.05, 0) is 30.9 Å². The van der Waals surface area contributed by atoms with Gasteiger partial charge in [0.05, 0.1) is 84.3 Å².